The summed E-state index contributed by atoms with van der Waals surface area (Å²) in [7, 11) is 0. The summed E-state index contributed by atoms with van der Waals surface area (Å²) in [4.78, 5) is 0. The minimum atomic E-state index is -4.50. The molecule has 0 amide bonds. The van der Waals surface area contributed by atoms with E-state index in [0.29, 0.717) is 17.0 Å². The lowest BCUT2D eigenvalue weighted by molar-refractivity contribution is -0.139. The zero-order valence-electron chi connectivity index (χ0n) is 10.7. The van der Waals surface area contributed by atoms with Gasteiger partial charge in [0, 0.05) is 12.6 Å². The molecular weight excluding hydrogens is 273 g/mol. The van der Waals surface area contributed by atoms with Crippen molar-refractivity contribution in [2.45, 2.75) is 26.3 Å². The smallest absolute Gasteiger partial charge is 0.419 e. The van der Waals surface area contributed by atoms with Crippen LogP contribution in [0.5, 0.6) is 5.75 Å². The molecule has 2 aromatic rings. The summed E-state index contributed by atoms with van der Waals surface area (Å²) in [5.41, 5.74) is 5.52. The number of nitrogens with zero attached hydrogens (tertiary/aromatic N) is 1. The van der Waals surface area contributed by atoms with E-state index in [9.17, 15) is 13.2 Å². The van der Waals surface area contributed by atoms with E-state index < -0.39 is 11.7 Å². The van der Waals surface area contributed by atoms with Gasteiger partial charge in [0.1, 0.15) is 12.4 Å². The molecular formula is C13H13F3N2O2. The number of hydrogen-bond acceptors (Lipinski definition) is 4. The Hall–Kier alpha value is -2.02. The van der Waals surface area contributed by atoms with E-state index in [-0.39, 0.29) is 18.9 Å². The number of halogens is 3. The third kappa shape index (κ3) is 3.30. The quantitative estimate of drug-likeness (QED) is 0.938. The van der Waals surface area contributed by atoms with Gasteiger partial charge in [-0.15, -0.1) is 0 Å². The van der Waals surface area contributed by atoms with Crippen molar-refractivity contribution in [1.29, 1.82) is 0 Å². The molecule has 0 fully saturated rings. The number of ether oxygens (including phenoxy) is 1. The van der Waals surface area contributed by atoms with Crippen LogP contribution in [-0.4, -0.2) is 5.16 Å². The molecule has 0 atom stereocenters. The first kappa shape index (κ1) is 14.4. The van der Waals surface area contributed by atoms with Gasteiger partial charge in [-0.3, -0.25) is 0 Å². The van der Waals surface area contributed by atoms with Crippen LogP contribution in [0.25, 0.3) is 0 Å². The number of aryl methyl sites for hydroxylation is 1. The largest absolute Gasteiger partial charge is 0.485 e. The molecule has 0 spiro atoms. The zero-order chi connectivity index (χ0) is 14.8. The van der Waals surface area contributed by atoms with Gasteiger partial charge in [0.25, 0.3) is 0 Å². The summed E-state index contributed by atoms with van der Waals surface area (Å²) < 4.78 is 48.9. The van der Waals surface area contributed by atoms with Gasteiger partial charge in [0.05, 0.1) is 11.3 Å². The van der Waals surface area contributed by atoms with Crippen molar-refractivity contribution >= 4 is 0 Å². The first-order valence-corrected chi connectivity index (χ1v) is 5.85. The zero-order valence-corrected chi connectivity index (χ0v) is 10.7. The maximum absolute atomic E-state index is 12.9. The van der Waals surface area contributed by atoms with E-state index in [4.69, 9.17) is 15.0 Å². The van der Waals surface area contributed by atoms with Crippen LogP contribution in [0.2, 0.25) is 0 Å². The maximum atomic E-state index is 12.9. The fourth-order valence-corrected chi connectivity index (χ4v) is 1.68. The Labute approximate surface area is 113 Å². The monoisotopic (exact) mass is 286 g/mol. The van der Waals surface area contributed by atoms with E-state index in [1.165, 1.54) is 12.1 Å². The standard InChI is InChI=1S/C13H13F3N2O2/c1-8-4-10(20-18-8)7-19-12-3-2-9(6-17)5-11(12)13(14,15)16/h2-5H,6-7,17H2,1H3. The third-order valence-corrected chi connectivity index (χ3v) is 2.63. The van der Waals surface area contributed by atoms with Gasteiger partial charge < -0.3 is 15.0 Å². The van der Waals surface area contributed by atoms with Crippen LogP contribution in [0, 0.1) is 6.92 Å². The molecule has 4 nitrogen and oxygen atoms in total. The topological polar surface area (TPSA) is 61.3 Å². The fraction of sp³-hybridized carbons (Fsp3) is 0.308. The molecule has 7 heteroatoms. The lowest BCUT2D eigenvalue weighted by Gasteiger charge is -2.14. The van der Waals surface area contributed by atoms with Gasteiger partial charge in [-0.25, -0.2) is 0 Å². The molecule has 20 heavy (non-hydrogen) atoms. The average molecular weight is 286 g/mol. The fourth-order valence-electron chi connectivity index (χ4n) is 1.68. The van der Waals surface area contributed by atoms with E-state index in [2.05, 4.69) is 5.16 Å². The molecule has 0 aliphatic heterocycles. The highest BCUT2D eigenvalue weighted by molar-refractivity contribution is 5.39. The minimum absolute atomic E-state index is 0.0324. The highest BCUT2D eigenvalue weighted by Gasteiger charge is 2.34. The Morgan fingerprint density at radius 3 is 2.60 bits per heavy atom. The number of hydrogen-bond donors (Lipinski definition) is 1. The van der Waals surface area contributed by atoms with Gasteiger partial charge in [0.15, 0.2) is 5.76 Å². The first-order valence-electron chi connectivity index (χ1n) is 5.85. The Kier molecular flexibility index (Phi) is 3.99. The molecule has 0 unspecified atom stereocenters. The van der Waals surface area contributed by atoms with Crippen LogP contribution < -0.4 is 10.5 Å². The molecule has 0 aliphatic rings. The van der Waals surface area contributed by atoms with Crippen LogP contribution in [0.3, 0.4) is 0 Å². The summed E-state index contributed by atoms with van der Waals surface area (Å²) in [5.74, 6) is 0.0993. The van der Waals surface area contributed by atoms with E-state index in [1.807, 2.05) is 0 Å². The van der Waals surface area contributed by atoms with E-state index in [1.54, 1.807) is 13.0 Å². The molecule has 0 radical (unpaired) electrons. The lowest BCUT2D eigenvalue weighted by Crippen LogP contribution is -2.10. The summed E-state index contributed by atoms with van der Waals surface area (Å²) in [6.07, 6.45) is -4.50. The number of benzene rings is 1. The van der Waals surface area contributed by atoms with Crippen LogP contribution in [0.15, 0.2) is 28.8 Å². The predicted molar refractivity (Wildman–Crippen MR) is 64.9 cm³/mol. The van der Waals surface area contributed by atoms with Gasteiger partial charge in [-0.1, -0.05) is 11.2 Å². The second-order valence-electron chi connectivity index (χ2n) is 4.26. The van der Waals surface area contributed by atoms with Crippen molar-refractivity contribution in [2.24, 2.45) is 5.73 Å². The molecule has 1 aromatic carbocycles. The Morgan fingerprint density at radius 2 is 2.05 bits per heavy atom. The van der Waals surface area contributed by atoms with Crippen LogP contribution in [0.1, 0.15) is 22.6 Å². The highest BCUT2D eigenvalue weighted by atomic mass is 19.4. The molecule has 0 saturated heterocycles. The van der Waals surface area contributed by atoms with Crippen molar-refractivity contribution in [3.63, 3.8) is 0 Å². The SMILES string of the molecule is Cc1cc(COc2ccc(CN)cc2C(F)(F)F)on1. The highest BCUT2D eigenvalue weighted by Crippen LogP contribution is 2.37. The number of aromatic nitrogens is 1. The number of alkyl halides is 3. The van der Waals surface area contributed by atoms with Crippen molar-refractivity contribution in [3.05, 3.63) is 46.8 Å². The average Bonchev–Trinajstić information content (AvgIpc) is 2.81. The van der Waals surface area contributed by atoms with E-state index >= 15 is 0 Å². The minimum Gasteiger partial charge on any atom is -0.485 e. The molecule has 108 valence electrons. The Balaban J connectivity index is 2.22. The van der Waals surface area contributed by atoms with Gasteiger partial charge in [0.2, 0.25) is 0 Å². The first-order chi connectivity index (χ1) is 9.40. The second-order valence-corrected chi connectivity index (χ2v) is 4.26. The van der Waals surface area contributed by atoms with Gasteiger partial charge >= 0.3 is 6.18 Å². The summed E-state index contributed by atoms with van der Waals surface area (Å²) >= 11 is 0. The molecule has 1 aromatic heterocycles. The molecule has 0 saturated carbocycles. The maximum Gasteiger partial charge on any atom is 0.419 e. The van der Waals surface area contributed by atoms with Gasteiger partial charge in [-0.05, 0) is 24.6 Å². The Bertz CT molecular complexity index is 594. The third-order valence-electron chi connectivity index (χ3n) is 2.63. The van der Waals surface area contributed by atoms with E-state index in [0.717, 1.165) is 6.07 Å². The molecule has 2 rings (SSSR count). The summed E-state index contributed by atoms with van der Waals surface area (Å²) in [6, 6.07) is 5.34. The predicted octanol–water partition coefficient (Wildman–Crippen LogP) is 3.04. The lowest BCUT2D eigenvalue weighted by atomic mass is 10.1. The van der Waals surface area contributed by atoms with Crippen LogP contribution in [0.4, 0.5) is 13.2 Å². The van der Waals surface area contributed by atoms with Crippen LogP contribution >= 0.6 is 0 Å². The number of nitrogens with two attached hydrogens (primary N) is 1. The molecule has 0 aliphatic carbocycles. The summed E-state index contributed by atoms with van der Waals surface area (Å²) in [5, 5.41) is 3.63. The summed E-state index contributed by atoms with van der Waals surface area (Å²) in [6.45, 7) is 1.63. The van der Waals surface area contributed by atoms with Crippen molar-refractivity contribution in [1.82, 2.24) is 5.16 Å². The van der Waals surface area contributed by atoms with Crippen molar-refractivity contribution in [2.75, 3.05) is 0 Å². The molecule has 2 N–H and O–H groups in total. The normalized spacial score (nSPS) is 11.7. The molecule has 0 bridgehead atoms. The van der Waals surface area contributed by atoms with Crippen molar-refractivity contribution < 1.29 is 22.4 Å². The van der Waals surface area contributed by atoms with Crippen LogP contribution in [-0.2, 0) is 19.3 Å². The Morgan fingerprint density at radius 1 is 1.30 bits per heavy atom. The van der Waals surface area contributed by atoms with Gasteiger partial charge in [-0.2, -0.15) is 13.2 Å². The second kappa shape index (κ2) is 5.54. The molecule has 1 heterocycles. The number of rotatable bonds is 4. The van der Waals surface area contributed by atoms with Crippen molar-refractivity contribution in [3.8, 4) is 5.75 Å².